The second kappa shape index (κ2) is 7.09. The summed E-state index contributed by atoms with van der Waals surface area (Å²) >= 11 is 1.48. The van der Waals surface area contributed by atoms with Crippen LogP contribution in [0.1, 0.15) is 28.5 Å². The van der Waals surface area contributed by atoms with Crippen molar-refractivity contribution in [1.29, 1.82) is 0 Å². The van der Waals surface area contributed by atoms with Crippen LogP contribution in [0, 0.1) is 13.8 Å². The fourth-order valence-corrected chi connectivity index (χ4v) is 3.11. The summed E-state index contributed by atoms with van der Waals surface area (Å²) in [6.07, 6.45) is 0.135. The quantitative estimate of drug-likeness (QED) is 0.791. The van der Waals surface area contributed by atoms with Gasteiger partial charge in [-0.15, -0.1) is 11.3 Å². The summed E-state index contributed by atoms with van der Waals surface area (Å²) in [5.41, 5.74) is 8.11. The number of thiophene rings is 1. The normalized spacial score (nSPS) is 11.7. The van der Waals surface area contributed by atoms with Crippen LogP contribution >= 0.6 is 11.3 Å². The Morgan fingerprint density at radius 3 is 2.45 bits per heavy atom. The van der Waals surface area contributed by atoms with Gasteiger partial charge in [-0.3, -0.25) is 4.79 Å². The van der Waals surface area contributed by atoms with E-state index in [1.54, 1.807) is 0 Å². The number of amides is 3. The van der Waals surface area contributed by atoms with E-state index in [0.29, 0.717) is 0 Å². The zero-order valence-corrected chi connectivity index (χ0v) is 13.4. The van der Waals surface area contributed by atoms with Crippen LogP contribution in [0.4, 0.5) is 10.5 Å². The molecule has 0 saturated heterocycles. The molecule has 1 aromatic heterocycles. The molecule has 0 saturated carbocycles. The summed E-state index contributed by atoms with van der Waals surface area (Å²) in [4.78, 5) is 24.2. The second-order valence-corrected chi connectivity index (χ2v) is 6.18. The lowest BCUT2D eigenvalue weighted by molar-refractivity contribution is -0.116. The van der Waals surface area contributed by atoms with E-state index >= 15 is 0 Å². The molecule has 0 aliphatic carbocycles. The third-order valence-electron chi connectivity index (χ3n) is 3.10. The molecule has 6 heteroatoms. The molecule has 0 aliphatic heterocycles. The van der Waals surface area contributed by atoms with Crippen molar-refractivity contribution in [1.82, 2.24) is 5.32 Å². The average molecular weight is 317 g/mol. The van der Waals surface area contributed by atoms with Crippen LogP contribution < -0.4 is 16.4 Å². The Balaban J connectivity index is 2.06. The van der Waals surface area contributed by atoms with Gasteiger partial charge in [0.2, 0.25) is 5.91 Å². The maximum atomic E-state index is 12.2. The zero-order chi connectivity index (χ0) is 16.1. The summed E-state index contributed by atoms with van der Waals surface area (Å²) in [5, 5.41) is 7.37. The molecule has 5 nitrogen and oxygen atoms in total. The average Bonchev–Trinajstić information content (AvgIpc) is 2.89. The number of anilines is 1. The summed E-state index contributed by atoms with van der Waals surface area (Å²) < 4.78 is 0. The van der Waals surface area contributed by atoms with E-state index in [4.69, 9.17) is 5.73 Å². The first-order valence-corrected chi connectivity index (χ1v) is 7.79. The van der Waals surface area contributed by atoms with E-state index in [9.17, 15) is 9.59 Å². The molecule has 1 atom stereocenters. The number of urea groups is 1. The number of benzene rings is 1. The minimum absolute atomic E-state index is 0.135. The van der Waals surface area contributed by atoms with Gasteiger partial charge < -0.3 is 16.4 Å². The van der Waals surface area contributed by atoms with E-state index in [1.807, 2.05) is 49.6 Å². The molecule has 4 N–H and O–H groups in total. The first kappa shape index (κ1) is 16.0. The maximum Gasteiger partial charge on any atom is 0.312 e. The predicted octanol–water partition coefficient (Wildman–Crippen LogP) is 3.10. The third-order valence-corrected chi connectivity index (χ3v) is 4.08. The number of hydrogen-bond donors (Lipinski definition) is 3. The Hall–Kier alpha value is -2.34. The molecule has 22 heavy (non-hydrogen) atoms. The van der Waals surface area contributed by atoms with Gasteiger partial charge in [-0.05, 0) is 48.6 Å². The molecular weight excluding hydrogens is 298 g/mol. The van der Waals surface area contributed by atoms with Gasteiger partial charge in [0.05, 0.1) is 12.5 Å². The van der Waals surface area contributed by atoms with Crippen molar-refractivity contribution in [3.63, 3.8) is 0 Å². The molecule has 0 bridgehead atoms. The van der Waals surface area contributed by atoms with Gasteiger partial charge >= 0.3 is 6.03 Å². The lowest BCUT2D eigenvalue weighted by Gasteiger charge is -2.16. The van der Waals surface area contributed by atoms with Gasteiger partial charge in [0.15, 0.2) is 0 Å². The monoisotopic (exact) mass is 317 g/mol. The molecule has 0 radical (unpaired) electrons. The van der Waals surface area contributed by atoms with E-state index in [-0.39, 0.29) is 12.3 Å². The molecule has 2 rings (SSSR count). The van der Waals surface area contributed by atoms with E-state index < -0.39 is 12.1 Å². The Kier molecular flexibility index (Phi) is 5.16. The van der Waals surface area contributed by atoms with Crippen LogP contribution in [0.15, 0.2) is 35.7 Å². The van der Waals surface area contributed by atoms with Crippen molar-refractivity contribution in [2.24, 2.45) is 5.73 Å². The summed E-state index contributed by atoms with van der Waals surface area (Å²) in [5.74, 6) is -0.169. The molecule has 116 valence electrons. The van der Waals surface area contributed by atoms with Crippen molar-refractivity contribution < 1.29 is 9.59 Å². The highest BCUT2D eigenvalue weighted by Gasteiger charge is 2.18. The number of nitrogens with two attached hydrogens (primary N) is 1. The molecule has 1 unspecified atom stereocenters. The van der Waals surface area contributed by atoms with Gasteiger partial charge in [0.25, 0.3) is 0 Å². The topological polar surface area (TPSA) is 84.2 Å². The van der Waals surface area contributed by atoms with Gasteiger partial charge in [-0.1, -0.05) is 12.1 Å². The number of rotatable bonds is 5. The first-order valence-electron chi connectivity index (χ1n) is 6.91. The number of aryl methyl sites for hydroxylation is 2. The van der Waals surface area contributed by atoms with Crippen LogP contribution in [0.5, 0.6) is 0 Å². The van der Waals surface area contributed by atoms with Gasteiger partial charge in [0, 0.05) is 10.6 Å². The maximum absolute atomic E-state index is 12.2. The Morgan fingerprint density at radius 2 is 1.91 bits per heavy atom. The largest absolute Gasteiger partial charge is 0.352 e. The number of hydrogen-bond acceptors (Lipinski definition) is 3. The van der Waals surface area contributed by atoms with Crippen molar-refractivity contribution in [2.45, 2.75) is 26.3 Å². The highest BCUT2D eigenvalue weighted by molar-refractivity contribution is 7.10. The Morgan fingerprint density at radius 1 is 1.23 bits per heavy atom. The number of carbonyl (C=O) groups is 2. The van der Waals surface area contributed by atoms with Crippen LogP contribution in [0.25, 0.3) is 0 Å². The van der Waals surface area contributed by atoms with Crippen molar-refractivity contribution >= 4 is 29.0 Å². The van der Waals surface area contributed by atoms with Crippen LogP contribution in [0.3, 0.4) is 0 Å². The third kappa shape index (κ3) is 4.60. The van der Waals surface area contributed by atoms with Crippen molar-refractivity contribution in [2.75, 3.05) is 5.32 Å². The summed E-state index contributed by atoms with van der Waals surface area (Å²) in [6.45, 7) is 3.96. The SMILES string of the molecule is Cc1cc(C)cc(NC(=O)CC(NC(N)=O)c2cccs2)c1. The smallest absolute Gasteiger partial charge is 0.312 e. The zero-order valence-electron chi connectivity index (χ0n) is 12.6. The predicted molar refractivity (Wildman–Crippen MR) is 88.9 cm³/mol. The van der Waals surface area contributed by atoms with Gasteiger partial charge in [-0.2, -0.15) is 0 Å². The molecule has 3 amide bonds. The molecular formula is C16H19N3O2S. The van der Waals surface area contributed by atoms with Crippen molar-refractivity contribution in [3.05, 3.63) is 51.7 Å². The minimum atomic E-state index is -0.641. The van der Waals surface area contributed by atoms with E-state index in [2.05, 4.69) is 10.6 Å². The van der Waals surface area contributed by atoms with Crippen LogP contribution in [-0.4, -0.2) is 11.9 Å². The van der Waals surface area contributed by atoms with E-state index in [0.717, 1.165) is 21.7 Å². The van der Waals surface area contributed by atoms with Gasteiger partial charge in [0.1, 0.15) is 0 Å². The van der Waals surface area contributed by atoms with Gasteiger partial charge in [-0.25, -0.2) is 4.79 Å². The first-order chi connectivity index (χ1) is 10.4. The second-order valence-electron chi connectivity index (χ2n) is 5.21. The molecule has 1 aromatic carbocycles. The highest BCUT2D eigenvalue weighted by Crippen LogP contribution is 2.23. The minimum Gasteiger partial charge on any atom is -0.352 e. The standard InChI is InChI=1S/C16H19N3O2S/c1-10-6-11(2)8-12(7-10)18-15(20)9-13(19-16(17)21)14-4-3-5-22-14/h3-8,13H,9H2,1-2H3,(H,18,20)(H3,17,19,21). The van der Waals surface area contributed by atoms with Crippen LogP contribution in [-0.2, 0) is 4.79 Å². The molecule has 0 spiro atoms. The molecule has 0 fully saturated rings. The fourth-order valence-electron chi connectivity index (χ4n) is 2.33. The number of carbonyl (C=O) groups excluding carboxylic acids is 2. The van der Waals surface area contributed by atoms with Crippen LogP contribution in [0.2, 0.25) is 0 Å². The highest BCUT2D eigenvalue weighted by atomic mass is 32.1. The Labute approximate surface area is 133 Å². The fraction of sp³-hybridized carbons (Fsp3) is 0.250. The van der Waals surface area contributed by atoms with Crippen molar-refractivity contribution in [3.8, 4) is 0 Å². The lowest BCUT2D eigenvalue weighted by atomic mass is 10.1. The summed E-state index contributed by atoms with van der Waals surface area (Å²) in [7, 11) is 0. The molecule has 1 heterocycles. The molecule has 0 aliphatic rings. The lowest BCUT2D eigenvalue weighted by Crippen LogP contribution is -2.34. The molecule has 2 aromatic rings. The van der Waals surface area contributed by atoms with E-state index in [1.165, 1.54) is 11.3 Å². The Bertz CT molecular complexity index is 648. The number of primary amides is 1. The summed E-state index contributed by atoms with van der Waals surface area (Å²) in [6, 6.07) is 8.55. The number of nitrogens with one attached hydrogen (secondary N) is 2.